The van der Waals surface area contributed by atoms with Gasteiger partial charge in [-0.1, -0.05) is 54.6 Å². The number of anilines is 1. The summed E-state index contributed by atoms with van der Waals surface area (Å²) in [6, 6.07) is 18.7. The molecule has 7 heteroatoms. The van der Waals surface area contributed by atoms with Crippen molar-refractivity contribution in [1.29, 1.82) is 0 Å². The van der Waals surface area contributed by atoms with Gasteiger partial charge in [-0.25, -0.2) is 0 Å². The summed E-state index contributed by atoms with van der Waals surface area (Å²) < 4.78 is 44.3. The Bertz CT molecular complexity index is 1040. The number of aryl methyl sites for hydroxylation is 1. The van der Waals surface area contributed by atoms with Gasteiger partial charge in [-0.3, -0.25) is 10.1 Å². The molecule has 0 aliphatic heterocycles. The van der Waals surface area contributed by atoms with E-state index in [1.165, 1.54) is 13.2 Å². The van der Waals surface area contributed by atoms with E-state index in [0.29, 0.717) is 22.6 Å². The number of amides is 1. The standard InChI is InChI=1S/C24H23F3N2O2/c1-16-11-12-21(31-2)20(13-16)29-23(30)22(18-8-4-3-5-9-18)28-15-17-7-6-10-19(14-17)24(25,26)27/h3-14,22,28H,15H2,1-2H3,(H,29,30). The number of benzene rings is 3. The van der Waals surface area contributed by atoms with E-state index >= 15 is 0 Å². The number of nitrogens with one attached hydrogen (secondary N) is 2. The Morgan fingerprint density at radius 2 is 1.74 bits per heavy atom. The molecule has 1 amide bonds. The van der Waals surface area contributed by atoms with Gasteiger partial charge in [-0.15, -0.1) is 0 Å². The molecule has 0 radical (unpaired) electrons. The van der Waals surface area contributed by atoms with Crippen LogP contribution in [-0.2, 0) is 17.5 Å². The van der Waals surface area contributed by atoms with E-state index < -0.39 is 17.8 Å². The molecule has 3 aromatic rings. The minimum absolute atomic E-state index is 0.0852. The highest BCUT2D eigenvalue weighted by molar-refractivity contribution is 5.96. The number of hydrogen-bond donors (Lipinski definition) is 2. The molecule has 0 aromatic heterocycles. The number of halogens is 3. The third kappa shape index (κ3) is 5.86. The fourth-order valence-corrected chi connectivity index (χ4v) is 3.21. The van der Waals surface area contributed by atoms with Crippen LogP contribution in [0.2, 0.25) is 0 Å². The second-order valence-corrected chi connectivity index (χ2v) is 7.12. The highest BCUT2D eigenvalue weighted by Crippen LogP contribution is 2.30. The lowest BCUT2D eigenvalue weighted by Gasteiger charge is -2.20. The van der Waals surface area contributed by atoms with E-state index in [2.05, 4.69) is 10.6 Å². The Balaban J connectivity index is 1.83. The fourth-order valence-electron chi connectivity index (χ4n) is 3.21. The Hall–Kier alpha value is -3.32. The van der Waals surface area contributed by atoms with E-state index in [1.54, 1.807) is 42.5 Å². The predicted octanol–water partition coefficient (Wildman–Crippen LogP) is 5.49. The average Bonchev–Trinajstić information content (AvgIpc) is 2.74. The number of rotatable bonds is 7. The summed E-state index contributed by atoms with van der Waals surface area (Å²) in [7, 11) is 1.51. The Kier molecular flexibility index (Phi) is 6.97. The van der Waals surface area contributed by atoms with Crippen LogP contribution in [0.4, 0.5) is 18.9 Å². The first kappa shape index (κ1) is 22.4. The van der Waals surface area contributed by atoms with Crippen molar-refractivity contribution in [2.24, 2.45) is 0 Å². The van der Waals surface area contributed by atoms with E-state index in [0.717, 1.165) is 17.7 Å². The summed E-state index contributed by atoms with van der Waals surface area (Å²) in [6.07, 6.45) is -4.42. The van der Waals surface area contributed by atoms with Gasteiger partial charge < -0.3 is 10.1 Å². The predicted molar refractivity (Wildman–Crippen MR) is 114 cm³/mol. The monoisotopic (exact) mass is 428 g/mol. The zero-order valence-electron chi connectivity index (χ0n) is 17.2. The highest BCUT2D eigenvalue weighted by Gasteiger charge is 2.30. The molecule has 0 spiro atoms. The quantitative estimate of drug-likeness (QED) is 0.523. The minimum atomic E-state index is -4.42. The summed E-state index contributed by atoms with van der Waals surface area (Å²) in [5.74, 6) is 0.172. The molecule has 0 saturated carbocycles. The molecule has 162 valence electrons. The number of ether oxygens (including phenoxy) is 1. The van der Waals surface area contributed by atoms with Crippen molar-refractivity contribution in [3.8, 4) is 5.75 Å². The first-order chi connectivity index (χ1) is 14.8. The van der Waals surface area contributed by atoms with Crippen molar-refractivity contribution in [1.82, 2.24) is 5.32 Å². The molecule has 3 rings (SSSR count). The minimum Gasteiger partial charge on any atom is -0.495 e. The maximum atomic E-state index is 13.1. The van der Waals surface area contributed by atoms with Crippen molar-refractivity contribution in [2.75, 3.05) is 12.4 Å². The maximum Gasteiger partial charge on any atom is 0.416 e. The molecule has 3 aromatic carbocycles. The van der Waals surface area contributed by atoms with Crippen LogP contribution in [0.1, 0.15) is 28.3 Å². The summed E-state index contributed by atoms with van der Waals surface area (Å²) >= 11 is 0. The molecule has 31 heavy (non-hydrogen) atoms. The van der Waals surface area contributed by atoms with Crippen molar-refractivity contribution in [2.45, 2.75) is 25.7 Å². The van der Waals surface area contributed by atoms with Crippen LogP contribution in [0.3, 0.4) is 0 Å². The second-order valence-electron chi connectivity index (χ2n) is 7.12. The molecule has 0 aliphatic carbocycles. The van der Waals surface area contributed by atoms with Gasteiger partial charge in [0.15, 0.2) is 0 Å². The smallest absolute Gasteiger partial charge is 0.416 e. The van der Waals surface area contributed by atoms with Gasteiger partial charge >= 0.3 is 6.18 Å². The van der Waals surface area contributed by atoms with E-state index in [1.807, 2.05) is 19.1 Å². The van der Waals surface area contributed by atoms with Crippen molar-refractivity contribution < 1.29 is 22.7 Å². The zero-order chi connectivity index (χ0) is 22.4. The molecular formula is C24H23F3N2O2. The van der Waals surface area contributed by atoms with E-state index in [9.17, 15) is 18.0 Å². The molecule has 0 fully saturated rings. The van der Waals surface area contributed by atoms with Crippen molar-refractivity contribution in [3.05, 3.63) is 95.1 Å². The molecule has 0 heterocycles. The Morgan fingerprint density at radius 1 is 1.00 bits per heavy atom. The van der Waals surface area contributed by atoms with Gasteiger partial charge in [-0.2, -0.15) is 13.2 Å². The third-order valence-electron chi connectivity index (χ3n) is 4.77. The van der Waals surface area contributed by atoms with Gasteiger partial charge in [0.1, 0.15) is 11.8 Å². The van der Waals surface area contributed by atoms with E-state index in [4.69, 9.17) is 4.74 Å². The van der Waals surface area contributed by atoms with Crippen LogP contribution < -0.4 is 15.4 Å². The fraction of sp³-hybridized carbons (Fsp3) is 0.208. The number of methoxy groups -OCH3 is 1. The van der Waals surface area contributed by atoms with Gasteiger partial charge in [0, 0.05) is 6.54 Å². The zero-order valence-corrected chi connectivity index (χ0v) is 17.2. The van der Waals surface area contributed by atoms with Crippen molar-refractivity contribution in [3.63, 3.8) is 0 Å². The highest BCUT2D eigenvalue weighted by atomic mass is 19.4. The lowest BCUT2D eigenvalue weighted by atomic mass is 10.0. The third-order valence-corrected chi connectivity index (χ3v) is 4.77. The van der Waals surface area contributed by atoms with Gasteiger partial charge in [0.05, 0.1) is 18.4 Å². The summed E-state index contributed by atoms with van der Waals surface area (Å²) in [4.78, 5) is 13.1. The number of carbonyl (C=O) groups is 1. The van der Waals surface area contributed by atoms with E-state index in [-0.39, 0.29) is 12.5 Å². The normalized spacial score (nSPS) is 12.3. The van der Waals surface area contributed by atoms with Crippen LogP contribution >= 0.6 is 0 Å². The van der Waals surface area contributed by atoms with Crippen molar-refractivity contribution >= 4 is 11.6 Å². The second kappa shape index (κ2) is 9.66. The molecule has 0 aliphatic rings. The molecule has 0 bridgehead atoms. The SMILES string of the molecule is COc1ccc(C)cc1NC(=O)C(NCc1cccc(C(F)(F)F)c1)c1ccccc1. The van der Waals surface area contributed by atoms with Crippen LogP contribution in [0.5, 0.6) is 5.75 Å². The lowest BCUT2D eigenvalue weighted by Crippen LogP contribution is -2.33. The van der Waals surface area contributed by atoms with Crippen LogP contribution in [0.15, 0.2) is 72.8 Å². The largest absolute Gasteiger partial charge is 0.495 e. The molecule has 1 atom stereocenters. The lowest BCUT2D eigenvalue weighted by molar-refractivity contribution is -0.137. The molecule has 1 unspecified atom stereocenters. The average molecular weight is 428 g/mol. The molecule has 4 nitrogen and oxygen atoms in total. The summed E-state index contributed by atoms with van der Waals surface area (Å²) in [5, 5.41) is 5.95. The van der Waals surface area contributed by atoms with Gasteiger partial charge in [-0.05, 0) is 41.8 Å². The van der Waals surface area contributed by atoms with Gasteiger partial charge in [0.2, 0.25) is 5.91 Å². The van der Waals surface area contributed by atoms with Crippen LogP contribution in [0.25, 0.3) is 0 Å². The molecular weight excluding hydrogens is 405 g/mol. The first-order valence-corrected chi connectivity index (χ1v) is 9.68. The summed E-state index contributed by atoms with van der Waals surface area (Å²) in [6.45, 7) is 1.98. The van der Waals surface area contributed by atoms with Crippen LogP contribution in [0, 0.1) is 6.92 Å². The first-order valence-electron chi connectivity index (χ1n) is 9.68. The Morgan fingerprint density at radius 3 is 2.42 bits per heavy atom. The molecule has 0 saturated heterocycles. The molecule has 2 N–H and O–H groups in total. The van der Waals surface area contributed by atoms with Gasteiger partial charge in [0.25, 0.3) is 0 Å². The number of carbonyl (C=O) groups excluding carboxylic acids is 1. The summed E-state index contributed by atoms with van der Waals surface area (Å²) in [5.41, 5.74) is 1.87. The van der Waals surface area contributed by atoms with Crippen LogP contribution in [-0.4, -0.2) is 13.0 Å². The topological polar surface area (TPSA) is 50.4 Å². The maximum absolute atomic E-state index is 13.1. The Labute approximate surface area is 179 Å². The number of hydrogen-bond acceptors (Lipinski definition) is 3. The number of alkyl halides is 3.